The fourth-order valence-electron chi connectivity index (χ4n) is 3.17. The minimum Gasteiger partial charge on any atom is -0.477 e. The Labute approximate surface area is 132 Å². The van der Waals surface area contributed by atoms with E-state index in [9.17, 15) is 9.90 Å². The summed E-state index contributed by atoms with van der Waals surface area (Å²) in [7, 11) is 2.10. The Kier molecular flexibility index (Phi) is 2.87. The van der Waals surface area contributed by atoms with Crippen molar-refractivity contribution in [2.75, 3.05) is 0 Å². The molecular formula is C17H16N2O2S. The second kappa shape index (κ2) is 4.68. The number of carboxylic acid groups (broad SMARTS) is 1. The predicted octanol–water partition coefficient (Wildman–Crippen LogP) is 4.19. The fraction of sp³-hybridized carbons (Fsp3) is 0.294. The normalized spacial score (nSPS) is 14.6. The molecule has 2 heterocycles. The highest BCUT2D eigenvalue weighted by atomic mass is 32.1. The third kappa shape index (κ3) is 1.89. The van der Waals surface area contributed by atoms with Gasteiger partial charge in [-0.25, -0.2) is 9.78 Å². The molecule has 1 aliphatic rings. The van der Waals surface area contributed by atoms with Crippen LogP contribution in [-0.2, 0) is 7.05 Å². The molecule has 1 N–H and O–H groups in total. The van der Waals surface area contributed by atoms with E-state index < -0.39 is 5.97 Å². The number of benzene rings is 1. The van der Waals surface area contributed by atoms with Crippen LogP contribution in [0.15, 0.2) is 24.3 Å². The van der Waals surface area contributed by atoms with E-state index in [4.69, 9.17) is 0 Å². The highest BCUT2D eigenvalue weighted by Crippen LogP contribution is 2.48. The summed E-state index contributed by atoms with van der Waals surface area (Å²) in [5, 5.41) is 11.3. The van der Waals surface area contributed by atoms with Gasteiger partial charge >= 0.3 is 5.97 Å². The van der Waals surface area contributed by atoms with Crippen LogP contribution in [0.3, 0.4) is 0 Å². The smallest absolute Gasteiger partial charge is 0.347 e. The lowest BCUT2D eigenvalue weighted by atomic mass is 10.1. The lowest BCUT2D eigenvalue weighted by Gasteiger charge is -2.04. The molecule has 1 saturated carbocycles. The number of aromatic nitrogens is 2. The van der Waals surface area contributed by atoms with Gasteiger partial charge in [-0.05, 0) is 31.7 Å². The van der Waals surface area contributed by atoms with Crippen molar-refractivity contribution in [3.05, 3.63) is 40.5 Å². The van der Waals surface area contributed by atoms with Gasteiger partial charge in [0, 0.05) is 29.2 Å². The Morgan fingerprint density at radius 1 is 1.36 bits per heavy atom. The maximum Gasteiger partial charge on any atom is 0.347 e. The second-order valence-electron chi connectivity index (χ2n) is 5.85. The molecule has 0 unspecified atom stereocenters. The maximum atomic E-state index is 11.3. The third-order valence-electron chi connectivity index (χ3n) is 4.32. The number of aromatic carboxylic acids is 1. The summed E-state index contributed by atoms with van der Waals surface area (Å²) in [5.41, 5.74) is 4.21. The van der Waals surface area contributed by atoms with Gasteiger partial charge in [0.15, 0.2) is 0 Å². The van der Waals surface area contributed by atoms with E-state index in [1.165, 1.54) is 35.4 Å². The van der Waals surface area contributed by atoms with Gasteiger partial charge in [-0.2, -0.15) is 0 Å². The van der Waals surface area contributed by atoms with Crippen molar-refractivity contribution in [1.82, 2.24) is 9.55 Å². The summed E-state index contributed by atoms with van der Waals surface area (Å²) in [4.78, 5) is 16.2. The molecule has 5 heteroatoms. The average molecular weight is 312 g/mol. The molecule has 4 nitrogen and oxygen atoms in total. The predicted molar refractivity (Wildman–Crippen MR) is 87.7 cm³/mol. The maximum absolute atomic E-state index is 11.3. The number of fused-ring (bicyclic) bond motifs is 1. The van der Waals surface area contributed by atoms with Crippen molar-refractivity contribution < 1.29 is 9.90 Å². The SMILES string of the molecule is Cc1nc(-c2c(C3CC3)n(C)c3ccccc23)sc1C(=O)O. The van der Waals surface area contributed by atoms with E-state index in [0.717, 1.165) is 16.0 Å². The molecule has 0 radical (unpaired) electrons. The van der Waals surface area contributed by atoms with E-state index in [1.807, 2.05) is 12.1 Å². The topological polar surface area (TPSA) is 55.1 Å². The number of thiazole rings is 1. The first-order chi connectivity index (χ1) is 10.6. The first kappa shape index (κ1) is 13.5. The zero-order chi connectivity index (χ0) is 15.4. The van der Waals surface area contributed by atoms with E-state index in [1.54, 1.807) is 6.92 Å². The Balaban J connectivity index is 2.03. The number of carbonyl (C=O) groups is 1. The number of nitrogens with zero attached hydrogens (tertiary/aromatic N) is 2. The van der Waals surface area contributed by atoms with Crippen LogP contribution >= 0.6 is 11.3 Å². The van der Waals surface area contributed by atoms with Crippen LogP contribution in [-0.4, -0.2) is 20.6 Å². The molecule has 3 aromatic rings. The van der Waals surface area contributed by atoms with Crippen LogP contribution in [0.5, 0.6) is 0 Å². The van der Waals surface area contributed by atoms with Gasteiger partial charge < -0.3 is 9.67 Å². The molecule has 112 valence electrons. The largest absolute Gasteiger partial charge is 0.477 e. The van der Waals surface area contributed by atoms with Gasteiger partial charge in [0.25, 0.3) is 0 Å². The Morgan fingerprint density at radius 2 is 2.09 bits per heavy atom. The van der Waals surface area contributed by atoms with Gasteiger partial charge in [-0.3, -0.25) is 0 Å². The van der Waals surface area contributed by atoms with Crippen LogP contribution in [0, 0.1) is 6.92 Å². The van der Waals surface area contributed by atoms with Crippen molar-refractivity contribution in [3.8, 4) is 10.6 Å². The summed E-state index contributed by atoms with van der Waals surface area (Å²) in [6.07, 6.45) is 2.40. The van der Waals surface area contributed by atoms with Crippen molar-refractivity contribution in [1.29, 1.82) is 0 Å². The molecule has 0 spiro atoms. The first-order valence-corrected chi connectivity index (χ1v) is 8.18. The number of para-hydroxylation sites is 1. The highest BCUT2D eigenvalue weighted by Gasteiger charge is 2.32. The number of hydrogen-bond acceptors (Lipinski definition) is 3. The molecule has 1 aliphatic carbocycles. The van der Waals surface area contributed by atoms with Crippen LogP contribution in [0.4, 0.5) is 0 Å². The molecule has 0 aliphatic heterocycles. The Bertz CT molecular complexity index is 903. The molecular weight excluding hydrogens is 296 g/mol. The van der Waals surface area contributed by atoms with Crippen LogP contribution in [0.25, 0.3) is 21.5 Å². The third-order valence-corrected chi connectivity index (χ3v) is 5.48. The van der Waals surface area contributed by atoms with Crippen LogP contribution in [0.2, 0.25) is 0 Å². The van der Waals surface area contributed by atoms with Crippen molar-refractivity contribution >= 4 is 28.2 Å². The van der Waals surface area contributed by atoms with Crippen molar-refractivity contribution in [2.45, 2.75) is 25.7 Å². The number of hydrogen-bond donors (Lipinski definition) is 1. The average Bonchev–Trinajstić information content (AvgIpc) is 3.19. The molecule has 1 aromatic carbocycles. The van der Waals surface area contributed by atoms with E-state index in [-0.39, 0.29) is 0 Å². The van der Waals surface area contributed by atoms with E-state index in [0.29, 0.717) is 16.5 Å². The Morgan fingerprint density at radius 3 is 2.73 bits per heavy atom. The van der Waals surface area contributed by atoms with Crippen molar-refractivity contribution in [2.24, 2.45) is 7.05 Å². The Hall–Kier alpha value is -2.14. The summed E-state index contributed by atoms with van der Waals surface area (Å²) in [6.45, 7) is 1.77. The zero-order valence-corrected chi connectivity index (χ0v) is 13.3. The van der Waals surface area contributed by atoms with Gasteiger partial charge in [0.2, 0.25) is 0 Å². The first-order valence-electron chi connectivity index (χ1n) is 7.36. The molecule has 22 heavy (non-hydrogen) atoms. The van der Waals surface area contributed by atoms with Gasteiger partial charge in [0.05, 0.1) is 5.69 Å². The summed E-state index contributed by atoms with van der Waals surface area (Å²) in [6, 6.07) is 8.29. The molecule has 0 bridgehead atoms. The summed E-state index contributed by atoms with van der Waals surface area (Å²) in [5.74, 6) is -0.320. The van der Waals surface area contributed by atoms with Gasteiger partial charge in [-0.1, -0.05) is 18.2 Å². The number of carboxylic acids is 1. The van der Waals surface area contributed by atoms with E-state index in [2.05, 4.69) is 28.7 Å². The molecule has 0 saturated heterocycles. The highest BCUT2D eigenvalue weighted by molar-refractivity contribution is 7.17. The van der Waals surface area contributed by atoms with Gasteiger partial charge in [-0.15, -0.1) is 11.3 Å². The van der Waals surface area contributed by atoms with Gasteiger partial charge in [0.1, 0.15) is 9.88 Å². The minimum absolute atomic E-state index is 0.338. The quantitative estimate of drug-likeness (QED) is 0.789. The monoisotopic (exact) mass is 312 g/mol. The standard InChI is InChI=1S/C17H16N2O2S/c1-9-15(17(20)21)22-16(18-9)13-11-5-3-4-6-12(11)19(2)14(13)10-7-8-10/h3-6,10H,7-8H2,1-2H3,(H,20,21). The second-order valence-corrected chi connectivity index (χ2v) is 6.85. The number of rotatable bonds is 3. The lowest BCUT2D eigenvalue weighted by molar-refractivity contribution is 0.0701. The lowest BCUT2D eigenvalue weighted by Crippen LogP contribution is -1.95. The van der Waals surface area contributed by atoms with Crippen LogP contribution < -0.4 is 0 Å². The molecule has 4 rings (SSSR count). The molecule has 2 aromatic heterocycles. The molecule has 1 fully saturated rings. The molecule has 0 atom stereocenters. The van der Waals surface area contributed by atoms with Crippen molar-refractivity contribution in [3.63, 3.8) is 0 Å². The summed E-state index contributed by atoms with van der Waals surface area (Å²) < 4.78 is 2.25. The molecule has 0 amide bonds. The zero-order valence-electron chi connectivity index (χ0n) is 12.5. The summed E-state index contributed by atoms with van der Waals surface area (Å²) >= 11 is 1.28. The fourth-order valence-corrected chi connectivity index (χ4v) is 4.15. The number of aryl methyl sites for hydroxylation is 2. The van der Waals surface area contributed by atoms with E-state index >= 15 is 0 Å². The minimum atomic E-state index is -0.894. The van der Waals surface area contributed by atoms with Crippen LogP contribution in [0.1, 0.15) is 39.8 Å².